The lowest BCUT2D eigenvalue weighted by molar-refractivity contribution is -0.213. The van der Waals surface area contributed by atoms with Crippen molar-refractivity contribution in [1.29, 1.82) is 0 Å². The quantitative estimate of drug-likeness (QED) is 0.102. The fourth-order valence-corrected chi connectivity index (χ4v) is 12.9. The predicted octanol–water partition coefficient (Wildman–Crippen LogP) is 6.41. The maximum Gasteiger partial charge on any atom is 0.327 e. The largest absolute Gasteiger partial charge is 0.460 e. The maximum atomic E-state index is 15.4. The molecule has 3 saturated carbocycles. The van der Waals surface area contributed by atoms with Crippen LogP contribution in [0.15, 0.2) is 90.5 Å². The fourth-order valence-electron chi connectivity index (χ4n) is 12.9. The highest BCUT2D eigenvalue weighted by Crippen LogP contribution is 2.61. The van der Waals surface area contributed by atoms with E-state index in [9.17, 15) is 24.6 Å². The van der Waals surface area contributed by atoms with Crippen LogP contribution in [0.25, 0.3) is 6.08 Å². The van der Waals surface area contributed by atoms with Crippen LogP contribution in [0, 0.1) is 22.7 Å². The topological polar surface area (TPSA) is 195 Å². The summed E-state index contributed by atoms with van der Waals surface area (Å²) in [5, 5.41) is 28.4. The molecule has 10 rings (SSSR count). The van der Waals surface area contributed by atoms with Gasteiger partial charge in [0.15, 0.2) is 6.04 Å². The molecular formula is C57H71N3O12. The number of rotatable bonds is 14. The summed E-state index contributed by atoms with van der Waals surface area (Å²) in [7, 11) is 0. The zero-order chi connectivity index (χ0) is 51.0. The molecule has 7 fully saturated rings. The number of hydroxylamine groups is 2. The second kappa shape index (κ2) is 19.0. The molecule has 15 nitrogen and oxygen atoms in total. The highest BCUT2D eigenvalue weighted by atomic mass is 16.8. The number of nitrogens with zero attached hydrogens (tertiary/aromatic N) is 1. The van der Waals surface area contributed by atoms with E-state index in [1.54, 1.807) is 20.8 Å². The normalized spacial score (nSPS) is 33.7. The fraction of sp³-hybridized carbons (Fsp3) is 0.579. The minimum absolute atomic E-state index is 0.00120. The second-order valence-electron chi connectivity index (χ2n) is 23.3. The smallest absolute Gasteiger partial charge is 0.327 e. The monoisotopic (exact) mass is 990 g/mol. The number of benzene rings is 3. The highest BCUT2D eigenvalue weighted by Gasteiger charge is 2.77. The zero-order valence-electron chi connectivity index (χ0n) is 42.5. The standard InChI is InChI=1S/C57H71N3O12/c1-33(62)45(50(64)58-39(32-61)23-25-44(63)69-53(2,3)4)59-52(66)56-30-42-46-47(71-57(70-46,37-14-10-8-11-15-37)38-16-12-9-13-17-38)49(56)72-60(48(56)51(65)67-42)31-35-20-18-34(19-21-35)28-36-22-24-43-55(7,68-43)27-26-41-40(36)29-54(41,5)6/h8-21,28,33,39-43,45-49,61-62H,22-27,29-32H2,1-7H3,(H,58,64)(H,59,66). The molecule has 72 heavy (non-hydrogen) atoms. The highest BCUT2D eigenvalue weighted by molar-refractivity contribution is 5.96. The van der Waals surface area contributed by atoms with Crippen LogP contribution in [0.3, 0.4) is 0 Å². The van der Waals surface area contributed by atoms with E-state index in [0.717, 1.165) is 36.8 Å². The molecule has 4 aliphatic heterocycles. The first-order valence-corrected chi connectivity index (χ1v) is 25.9. The molecule has 2 bridgehead atoms. The average molecular weight is 990 g/mol. The van der Waals surface area contributed by atoms with Gasteiger partial charge in [-0.3, -0.25) is 24.0 Å². The van der Waals surface area contributed by atoms with Crippen LogP contribution in [-0.4, -0.2) is 112 Å². The van der Waals surface area contributed by atoms with Gasteiger partial charge >= 0.3 is 11.9 Å². The molecule has 13 unspecified atom stereocenters. The van der Waals surface area contributed by atoms with Crippen molar-refractivity contribution in [3.63, 3.8) is 0 Å². The Kier molecular flexibility index (Phi) is 13.4. The van der Waals surface area contributed by atoms with Crippen LogP contribution >= 0.6 is 0 Å². The van der Waals surface area contributed by atoms with Gasteiger partial charge < -0.3 is 44.5 Å². The lowest BCUT2D eigenvalue weighted by Gasteiger charge is -2.53. The summed E-state index contributed by atoms with van der Waals surface area (Å²) in [6.07, 6.45) is 2.64. The van der Waals surface area contributed by atoms with E-state index >= 15 is 4.79 Å². The first kappa shape index (κ1) is 50.5. The number of esters is 2. The minimum atomic E-state index is -1.70. The lowest BCUT2D eigenvalue weighted by Crippen LogP contribution is -2.71. The van der Waals surface area contributed by atoms with E-state index < -0.39 is 95.8 Å². The Morgan fingerprint density at radius 1 is 0.889 bits per heavy atom. The third-order valence-electron chi connectivity index (χ3n) is 16.7. The predicted molar refractivity (Wildman–Crippen MR) is 264 cm³/mol. The zero-order valence-corrected chi connectivity index (χ0v) is 42.5. The van der Waals surface area contributed by atoms with Crippen molar-refractivity contribution in [1.82, 2.24) is 15.7 Å². The van der Waals surface area contributed by atoms with E-state index in [-0.39, 0.29) is 36.8 Å². The van der Waals surface area contributed by atoms with Crippen LogP contribution in [0.4, 0.5) is 0 Å². The Labute approximate surface area is 422 Å². The number of hydrogen-bond donors (Lipinski definition) is 4. The van der Waals surface area contributed by atoms with E-state index in [1.165, 1.54) is 24.0 Å². The molecule has 3 aromatic rings. The van der Waals surface area contributed by atoms with Crippen LogP contribution in [0.2, 0.25) is 0 Å². The molecule has 4 saturated heterocycles. The molecule has 386 valence electrons. The van der Waals surface area contributed by atoms with Gasteiger partial charge in [-0.25, -0.2) is 0 Å². The van der Waals surface area contributed by atoms with Crippen molar-refractivity contribution in [3.8, 4) is 0 Å². The number of hydrogen-bond acceptors (Lipinski definition) is 13. The van der Waals surface area contributed by atoms with Gasteiger partial charge in [0.1, 0.15) is 41.5 Å². The van der Waals surface area contributed by atoms with Gasteiger partial charge in [-0.05, 0) is 102 Å². The van der Waals surface area contributed by atoms with E-state index in [1.807, 2.05) is 72.8 Å². The molecule has 0 radical (unpaired) electrons. The van der Waals surface area contributed by atoms with Gasteiger partial charge in [-0.2, -0.15) is 5.06 Å². The molecule has 13 atom stereocenters. The van der Waals surface area contributed by atoms with Gasteiger partial charge in [0.05, 0.1) is 37.0 Å². The van der Waals surface area contributed by atoms with Crippen molar-refractivity contribution in [2.45, 2.75) is 178 Å². The summed E-state index contributed by atoms with van der Waals surface area (Å²) in [5.41, 5.74) is 2.62. The first-order valence-electron chi connectivity index (χ1n) is 25.9. The van der Waals surface area contributed by atoms with Crippen LogP contribution < -0.4 is 10.6 Å². The Morgan fingerprint density at radius 2 is 1.56 bits per heavy atom. The summed E-state index contributed by atoms with van der Waals surface area (Å²) in [4.78, 5) is 63.6. The van der Waals surface area contributed by atoms with Crippen molar-refractivity contribution in [3.05, 3.63) is 113 Å². The van der Waals surface area contributed by atoms with E-state index in [4.69, 9.17) is 28.5 Å². The number of nitrogens with one attached hydrogen (secondary N) is 2. The minimum Gasteiger partial charge on any atom is -0.460 e. The average Bonchev–Trinajstić information content (AvgIpc) is 3.61. The molecule has 0 spiro atoms. The number of epoxide rings is 1. The number of amides is 2. The lowest BCUT2D eigenvalue weighted by atomic mass is 9.52. The number of carbonyl (C=O) groups is 4. The molecule has 15 heteroatoms. The second-order valence-corrected chi connectivity index (χ2v) is 23.3. The number of allylic oxidation sites excluding steroid dienone is 1. The van der Waals surface area contributed by atoms with E-state index in [2.05, 4.69) is 49.6 Å². The third kappa shape index (κ3) is 9.32. The summed E-state index contributed by atoms with van der Waals surface area (Å²) < 4.78 is 32.1. The Hall–Kier alpha value is -5.00. The molecule has 4 heterocycles. The number of aliphatic hydroxyl groups excluding tert-OH is 2. The molecular weight excluding hydrogens is 919 g/mol. The summed E-state index contributed by atoms with van der Waals surface area (Å²) in [6, 6.07) is 23.4. The Bertz CT molecular complexity index is 2510. The van der Waals surface area contributed by atoms with Crippen LogP contribution in [0.5, 0.6) is 0 Å². The maximum absolute atomic E-state index is 15.4. The van der Waals surface area contributed by atoms with E-state index in [0.29, 0.717) is 29.1 Å². The van der Waals surface area contributed by atoms with Crippen LogP contribution in [-0.2, 0) is 60.0 Å². The molecule has 3 aromatic carbocycles. The van der Waals surface area contributed by atoms with Gasteiger partial charge in [0.25, 0.3) is 0 Å². The molecule has 4 N–H and O–H groups in total. The van der Waals surface area contributed by atoms with Crippen molar-refractivity contribution < 1.29 is 57.9 Å². The summed E-state index contributed by atoms with van der Waals surface area (Å²) in [5.74, 6) is -3.04. The van der Waals surface area contributed by atoms with Gasteiger partial charge in [0.2, 0.25) is 17.6 Å². The van der Waals surface area contributed by atoms with Gasteiger partial charge in [0, 0.05) is 24.0 Å². The van der Waals surface area contributed by atoms with Gasteiger partial charge in [-0.15, -0.1) is 0 Å². The van der Waals surface area contributed by atoms with Crippen molar-refractivity contribution >= 4 is 29.8 Å². The first-order chi connectivity index (χ1) is 34.2. The summed E-state index contributed by atoms with van der Waals surface area (Å²) >= 11 is 0. The SMILES string of the molecule is CC(O)C(NC(=O)C12CC3OC(=O)C1N(Cc1ccc(C=C4CCC5OC5(C)CCC5C4CC5(C)C)cc1)OC2C1OC(c2ccccc2)(c2ccccc2)OC31)C(=O)NC(CO)CCC(=O)OC(C)(C)C. The molecule has 7 aliphatic rings. The number of aliphatic hydroxyl groups is 2. The Balaban J connectivity index is 0.949. The van der Waals surface area contributed by atoms with Crippen molar-refractivity contribution in [2.24, 2.45) is 22.7 Å². The number of fused-ring (bicyclic) bond motifs is 6. The number of ether oxygens (including phenoxy) is 5. The molecule has 3 aliphatic carbocycles. The molecule has 2 amide bonds. The summed E-state index contributed by atoms with van der Waals surface area (Å²) in [6.45, 7) is 13.2. The third-order valence-corrected chi connectivity index (χ3v) is 16.7. The Morgan fingerprint density at radius 3 is 2.18 bits per heavy atom. The molecule has 0 aromatic heterocycles. The van der Waals surface area contributed by atoms with Gasteiger partial charge in [-0.1, -0.05) is 110 Å². The van der Waals surface area contributed by atoms with Crippen molar-refractivity contribution in [2.75, 3.05) is 6.61 Å². The van der Waals surface area contributed by atoms with Crippen LogP contribution in [0.1, 0.15) is 122 Å². The number of carbonyl (C=O) groups excluding carboxylic acids is 4.